The summed E-state index contributed by atoms with van der Waals surface area (Å²) < 4.78 is 5.76. The molecule has 3 N–H and O–H groups in total. The number of hydrogen-bond donors (Lipinski definition) is 3. The van der Waals surface area contributed by atoms with Crippen LogP contribution in [-0.2, 0) is 11.3 Å². The van der Waals surface area contributed by atoms with E-state index in [-0.39, 0.29) is 5.91 Å². The molecule has 1 amide bonds. The summed E-state index contributed by atoms with van der Waals surface area (Å²) in [6, 6.07) is 13.6. The lowest BCUT2D eigenvalue weighted by Crippen LogP contribution is -2.43. The van der Waals surface area contributed by atoms with Crippen molar-refractivity contribution in [2.45, 2.75) is 13.5 Å². The second kappa shape index (κ2) is 12.5. The highest BCUT2D eigenvalue weighted by Gasteiger charge is 2.06. The standard InChI is InChI=1S/C21H29N5O2/c1-17(15-28-16-18-7-4-3-5-8-18)13-26-21(22-2)25-12-11-24-20(27)19-9-6-10-23-14-19/h3-10,14,17H,11-13,15-16H2,1-2H3,(H,24,27)(H2,22,25,26). The summed E-state index contributed by atoms with van der Waals surface area (Å²) in [5, 5.41) is 9.30. The van der Waals surface area contributed by atoms with Gasteiger partial charge in [-0.05, 0) is 23.6 Å². The number of aliphatic imine (C=N–C) groups is 1. The Hall–Kier alpha value is -2.93. The number of guanidine groups is 1. The average Bonchev–Trinajstić information content (AvgIpc) is 2.74. The first-order chi connectivity index (χ1) is 13.7. The predicted molar refractivity (Wildman–Crippen MR) is 111 cm³/mol. The number of hydrogen-bond acceptors (Lipinski definition) is 4. The number of ether oxygens (including phenoxy) is 1. The van der Waals surface area contributed by atoms with Crippen molar-refractivity contribution >= 4 is 11.9 Å². The van der Waals surface area contributed by atoms with Crippen LogP contribution >= 0.6 is 0 Å². The molecule has 1 atom stereocenters. The van der Waals surface area contributed by atoms with Crippen LogP contribution in [0.4, 0.5) is 0 Å². The van der Waals surface area contributed by atoms with E-state index in [2.05, 4.69) is 45.0 Å². The van der Waals surface area contributed by atoms with Gasteiger partial charge in [0.05, 0.1) is 18.8 Å². The minimum absolute atomic E-state index is 0.137. The van der Waals surface area contributed by atoms with Crippen LogP contribution in [0.25, 0.3) is 0 Å². The molecular formula is C21H29N5O2. The summed E-state index contributed by atoms with van der Waals surface area (Å²) in [5.74, 6) is 0.903. The predicted octanol–water partition coefficient (Wildman–Crippen LogP) is 1.83. The quantitative estimate of drug-likeness (QED) is 0.331. The lowest BCUT2D eigenvalue weighted by Gasteiger charge is -2.16. The van der Waals surface area contributed by atoms with Crippen molar-refractivity contribution in [3.8, 4) is 0 Å². The van der Waals surface area contributed by atoms with Crippen molar-refractivity contribution in [2.24, 2.45) is 10.9 Å². The normalized spacial score (nSPS) is 12.3. The highest BCUT2D eigenvalue weighted by Crippen LogP contribution is 2.02. The Morgan fingerprint density at radius 1 is 1.11 bits per heavy atom. The highest BCUT2D eigenvalue weighted by atomic mass is 16.5. The Morgan fingerprint density at radius 3 is 2.61 bits per heavy atom. The van der Waals surface area contributed by atoms with Crippen molar-refractivity contribution in [2.75, 3.05) is 33.3 Å². The molecule has 0 aliphatic heterocycles. The third-order valence-corrected chi connectivity index (χ3v) is 3.98. The molecule has 150 valence electrons. The van der Waals surface area contributed by atoms with E-state index in [9.17, 15) is 4.79 Å². The van der Waals surface area contributed by atoms with Crippen LogP contribution in [0.1, 0.15) is 22.8 Å². The lowest BCUT2D eigenvalue weighted by molar-refractivity contribution is 0.0930. The molecule has 2 aromatic rings. The number of aromatic nitrogens is 1. The number of rotatable bonds is 10. The molecule has 1 aromatic carbocycles. The summed E-state index contributed by atoms with van der Waals surface area (Å²) in [7, 11) is 1.72. The first kappa shape index (κ1) is 21.4. The van der Waals surface area contributed by atoms with Gasteiger partial charge in [-0.1, -0.05) is 37.3 Å². The lowest BCUT2D eigenvalue weighted by atomic mass is 10.2. The summed E-state index contributed by atoms with van der Waals surface area (Å²) in [5.41, 5.74) is 1.72. The number of carbonyl (C=O) groups is 1. The van der Waals surface area contributed by atoms with Crippen molar-refractivity contribution < 1.29 is 9.53 Å². The molecule has 0 spiro atoms. The van der Waals surface area contributed by atoms with Crippen LogP contribution in [0.3, 0.4) is 0 Å². The molecule has 0 aliphatic rings. The van der Waals surface area contributed by atoms with Gasteiger partial charge in [-0.2, -0.15) is 0 Å². The minimum Gasteiger partial charge on any atom is -0.376 e. The molecule has 7 nitrogen and oxygen atoms in total. The molecule has 0 saturated heterocycles. The Bertz CT molecular complexity index is 722. The second-order valence-electron chi connectivity index (χ2n) is 6.48. The number of nitrogens with zero attached hydrogens (tertiary/aromatic N) is 2. The minimum atomic E-state index is -0.137. The molecule has 0 bridgehead atoms. The third-order valence-electron chi connectivity index (χ3n) is 3.98. The van der Waals surface area contributed by atoms with Gasteiger partial charge >= 0.3 is 0 Å². The van der Waals surface area contributed by atoms with Gasteiger partial charge in [0, 0.05) is 39.1 Å². The van der Waals surface area contributed by atoms with E-state index in [1.54, 1.807) is 31.6 Å². The van der Waals surface area contributed by atoms with Crippen LogP contribution in [-0.4, -0.2) is 50.1 Å². The van der Waals surface area contributed by atoms with Gasteiger partial charge in [-0.3, -0.25) is 14.8 Å². The number of benzene rings is 1. The fraction of sp³-hybridized carbons (Fsp3) is 0.381. The average molecular weight is 383 g/mol. The smallest absolute Gasteiger partial charge is 0.252 e. The van der Waals surface area contributed by atoms with E-state index in [0.717, 1.165) is 6.54 Å². The SMILES string of the molecule is CN=C(NCCNC(=O)c1cccnc1)NCC(C)COCc1ccccc1. The van der Waals surface area contributed by atoms with Crippen LogP contribution in [0.15, 0.2) is 59.9 Å². The zero-order chi connectivity index (χ0) is 20.0. The molecule has 0 radical (unpaired) electrons. The van der Waals surface area contributed by atoms with Crippen LogP contribution < -0.4 is 16.0 Å². The van der Waals surface area contributed by atoms with E-state index < -0.39 is 0 Å². The molecule has 7 heteroatoms. The van der Waals surface area contributed by atoms with Crippen LogP contribution in [0.5, 0.6) is 0 Å². The van der Waals surface area contributed by atoms with E-state index in [1.165, 1.54) is 5.56 Å². The van der Waals surface area contributed by atoms with Gasteiger partial charge in [0.1, 0.15) is 0 Å². The number of nitrogens with one attached hydrogen (secondary N) is 3. The Morgan fingerprint density at radius 2 is 1.89 bits per heavy atom. The van der Waals surface area contributed by atoms with Gasteiger partial charge < -0.3 is 20.7 Å². The molecule has 0 fully saturated rings. The molecule has 28 heavy (non-hydrogen) atoms. The number of pyridine rings is 1. The van der Waals surface area contributed by atoms with Gasteiger partial charge in [0.2, 0.25) is 0 Å². The van der Waals surface area contributed by atoms with E-state index in [1.807, 2.05) is 18.2 Å². The summed E-state index contributed by atoms with van der Waals surface area (Å²) in [6.07, 6.45) is 3.19. The number of carbonyl (C=O) groups excluding carboxylic acids is 1. The van der Waals surface area contributed by atoms with Crippen molar-refractivity contribution in [3.63, 3.8) is 0 Å². The zero-order valence-electron chi connectivity index (χ0n) is 16.5. The molecule has 2 rings (SSSR count). The fourth-order valence-electron chi connectivity index (χ4n) is 2.46. The van der Waals surface area contributed by atoms with Crippen LogP contribution in [0, 0.1) is 5.92 Å². The topological polar surface area (TPSA) is 87.6 Å². The van der Waals surface area contributed by atoms with Crippen molar-refractivity contribution in [3.05, 3.63) is 66.0 Å². The first-order valence-corrected chi connectivity index (χ1v) is 9.43. The zero-order valence-corrected chi connectivity index (χ0v) is 16.5. The second-order valence-corrected chi connectivity index (χ2v) is 6.48. The van der Waals surface area contributed by atoms with Crippen molar-refractivity contribution in [1.82, 2.24) is 20.9 Å². The van der Waals surface area contributed by atoms with E-state index >= 15 is 0 Å². The largest absolute Gasteiger partial charge is 0.376 e. The first-order valence-electron chi connectivity index (χ1n) is 9.43. The van der Waals surface area contributed by atoms with Gasteiger partial charge in [0.15, 0.2) is 5.96 Å². The van der Waals surface area contributed by atoms with Gasteiger partial charge in [-0.25, -0.2) is 0 Å². The van der Waals surface area contributed by atoms with Gasteiger partial charge in [-0.15, -0.1) is 0 Å². The van der Waals surface area contributed by atoms with E-state index in [0.29, 0.717) is 43.7 Å². The summed E-state index contributed by atoms with van der Waals surface area (Å²) in [4.78, 5) is 20.1. The molecule has 0 saturated carbocycles. The van der Waals surface area contributed by atoms with Crippen molar-refractivity contribution in [1.29, 1.82) is 0 Å². The van der Waals surface area contributed by atoms with Crippen LogP contribution in [0.2, 0.25) is 0 Å². The molecule has 0 aliphatic carbocycles. The maximum atomic E-state index is 11.9. The third kappa shape index (κ3) is 8.18. The highest BCUT2D eigenvalue weighted by molar-refractivity contribution is 5.93. The Kier molecular flexibility index (Phi) is 9.51. The maximum absolute atomic E-state index is 11.9. The Labute approximate surface area is 166 Å². The molecule has 1 aromatic heterocycles. The summed E-state index contributed by atoms with van der Waals surface area (Å²) >= 11 is 0. The maximum Gasteiger partial charge on any atom is 0.252 e. The molecular weight excluding hydrogens is 354 g/mol. The monoisotopic (exact) mass is 383 g/mol. The Balaban J connectivity index is 1.57. The summed E-state index contributed by atoms with van der Waals surface area (Å²) in [6.45, 7) is 5.22. The van der Waals surface area contributed by atoms with E-state index in [4.69, 9.17) is 4.74 Å². The number of amides is 1. The molecule has 1 unspecified atom stereocenters. The fourth-order valence-corrected chi connectivity index (χ4v) is 2.46. The van der Waals surface area contributed by atoms with Gasteiger partial charge in [0.25, 0.3) is 5.91 Å². The molecule has 1 heterocycles.